The normalized spacial score (nSPS) is 20.3. The lowest BCUT2D eigenvalue weighted by Crippen LogP contribution is -2.47. The van der Waals surface area contributed by atoms with Crippen LogP contribution >= 0.6 is 11.8 Å². The van der Waals surface area contributed by atoms with Crippen LogP contribution in [-0.4, -0.2) is 70.8 Å². The van der Waals surface area contributed by atoms with E-state index in [0.29, 0.717) is 17.9 Å². The van der Waals surface area contributed by atoms with Crippen molar-refractivity contribution >= 4 is 40.9 Å². The largest absolute Gasteiger partial charge is 0.493 e. The lowest BCUT2D eigenvalue weighted by atomic mass is 10.0. The van der Waals surface area contributed by atoms with Gasteiger partial charge >= 0.3 is 5.97 Å². The minimum absolute atomic E-state index is 0.103. The first-order chi connectivity index (χ1) is 14.8. The number of rotatable bonds is 7. The van der Waals surface area contributed by atoms with Crippen LogP contribution in [0.25, 0.3) is 6.08 Å². The van der Waals surface area contributed by atoms with E-state index >= 15 is 0 Å². The van der Waals surface area contributed by atoms with E-state index in [2.05, 4.69) is 0 Å². The third-order valence-corrected chi connectivity index (χ3v) is 6.03. The van der Waals surface area contributed by atoms with E-state index in [0.717, 1.165) is 35.9 Å². The fraction of sp³-hybridized carbons (Fsp3) is 0.429. The Bertz CT molecular complexity index is 930. The van der Waals surface area contributed by atoms with Crippen molar-refractivity contribution in [1.82, 2.24) is 9.80 Å². The van der Waals surface area contributed by atoms with E-state index in [1.54, 1.807) is 17.0 Å². The molecular formula is C21H24N2O7S. The van der Waals surface area contributed by atoms with Crippen LogP contribution in [0.15, 0.2) is 23.1 Å². The zero-order valence-corrected chi connectivity index (χ0v) is 18.1. The summed E-state index contributed by atoms with van der Waals surface area (Å²) in [6.45, 7) is 1.83. The zero-order chi connectivity index (χ0) is 22.5. The number of imide groups is 1. The number of amides is 3. The number of piperidine rings is 1. The van der Waals surface area contributed by atoms with Gasteiger partial charge in [-0.05, 0) is 61.7 Å². The van der Waals surface area contributed by atoms with Gasteiger partial charge in [0, 0.05) is 12.6 Å². The van der Waals surface area contributed by atoms with Gasteiger partial charge in [0.15, 0.2) is 18.1 Å². The highest BCUT2D eigenvalue weighted by Gasteiger charge is 2.38. The molecule has 1 aromatic carbocycles. The topological polar surface area (TPSA) is 113 Å². The first-order valence-electron chi connectivity index (χ1n) is 9.87. The Labute approximate surface area is 184 Å². The Morgan fingerprint density at radius 3 is 2.71 bits per heavy atom. The molecule has 9 nitrogen and oxygen atoms in total. The number of methoxy groups -OCH3 is 1. The number of hydrogen-bond acceptors (Lipinski definition) is 7. The molecule has 0 aliphatic carbocycles. The molecule has 2 fully saturated rings. The number of carboxylic acids is 1. The second-order valence-electron chi connectivity index (χ2n) is 7.29. The van der Waals surface area contributed by atoms with E-state index in [9.17, 15) is 19.2 Å². The van der Waals surface area contributed by atoms with E-state index in [4.69, 9.17) is 14.6 Å². The molecule has 166 valence electrons. The smallest absolute Gasteiger partial charge is 0.341 e. The quantitative estimate of drug-likeness (QED) is 0.633. The summed E-state index contributed by atoms with van der Waals surface area (Å²) in [6, 6.07) is 4.82. The lowest BCUT2D eigenvalue weighted by Gasteiger charge is -2.34. The second kappa shape index (κ2) is 9.86. The summed E-state index contributed by atoms with van der Waals surface area (Å²) in [4.78, 5) is 51.3. The minimum atomic E-state index is -1.12. The monoisotopic (exact) mass is 448 g/mol. The highest BCUT2D eigenvalue weighted by molar-refractivity contribution is 8.18. The van der Waals surface area contributed by atoms with Crippen LogP contribution in [0.3, 0.4) is 0 Å². The van der Waals surface area contributed by atoms with Crippen molar-refractivity contribution in [2.75, 3.05) is 26.8 Å². The summed E-state index contributed by atoms with van der Waals surface area (Å²) in [5, 5.41) is 8.26. The van der Waals surface area contributed by atoms with Crippen molar-refractivity contribution in [1.29, 1.82) is 0 Å². The van der Waals surface area contributed by atoms with Gasteiger partial charge in [-0.3, -0.25) is 19.3 Å². The van der Waals surface area contributed by atoms with Crippen LogP contribution < -0.4 is 9.47 Å². The molecule has 0 radical (unpaired) electrons. The number of thioether (sulfide) groups is 1. The van der Waals surface area contributed by atoms with Crippen LogP contribution in [0.2, 0.25) is 0 Å². The molecule has 10 heteroatoms. The molecule has 3 rings (SSSR count). The van der Waals surface area contributed by atoms with Gasteiger partial charge < -0.3 is 19.5 Å². The third kappa shape index (κ3) is 5.38. The number of carbonyl (C=O) groups is 4. The van der Waals surface area contributed by atoms with Crippen LogP contribution in [-0.2, 0) is 14.4 Å². The Morgan fingerprint density at radius 1 is 1.26 bits per heavy atom. The molecule has 31 heavy (non-hydrogen) atoms. The van der Waals surface area contributed by atoms with E-state index in [1.165, 1.54) is 19.3 Å². The fourth-order valence-corrected chi connectivity index (χ4v) is 4.35. The summed E-state index contributed by atoms with van der Waals surface area (Å²) >= 11 is 0.776. The molecule has 0 unspecified atom stereocenters. The Kier molecular flexibility index (Phi) is 7.21. The summed E-state index contributed by atoms with van der Waals surface area (Å²) in [6.07, 6.45) is 4.44. The van der Waals surface area contributed by atoms with E-state index in [-0.39, 0.29) is 29.1 Å². The molecule has 2 aliphatic heterocycles. The van der Waals surface area contributed by atoms with Gasteiger partial charge in [-0.1, -0.05) is 6.07 Å². The number of ether oxygens (including phenoxy) is 2. The van der Waals surface area contributed by atoms with Crippen molar-refractivity contribution in [2.24, 2.45) is 0 Å². The molecular weight excluding hydrogens is 424 g/mol. The first kappa shape index (κ1) is 22.7. The van der Waals surface area contributed by atoms with Gasteiger partial charge in [0.05, 0.1) is 12.0 Å². The molecule has 2 heterocycles. The summed E-state index contributed by atoms with van der Waals surface area (Å²) in [5.41, 5.74) is 0.570. The molecule has 1 aromatic rings. The van der Waals surface area contributed by atoms with Gasteiger partial charge in [0.25, 0.3) is 11.1 Å². The summed E-state index contributed by atoms with van der Waals surface area (Å²) < 4.78 is 10.4. The molecule has 0 spiro atoms. The maximum atomic E-state index is 12.7. The van der Waals surface area contributed by atoms with E-state index < -0.39 is 23.7 Å². The molecule has 3 amide bonds. The van der Waals surface area contributed by atoms with Gasteiger partial charge in [0.2, 0.25) is 5.91 Å². The van der Waals surface area contributed by atoms with Gasteiger partial charge in [-0.15, -0.1) is 0 Å². The van der Waals surface area contributed by atoms with E-state index in [1.807, 2.05) is 6.92 Å². The molecule has 0 bridgehead atoms. The van der Waals surface area contributed by atoms with Crippen molar-refractivity contribution in [3.05, 3.63) is 28.7 Å². The van der Waals surface area contributed by atoms with Crippen LogP contribution in [0.4, 0.5) is 4.79 Å². The molecule has 1 N–H and O–H groups in total. The second-order valence-corrected chi connectivity index (χ2v) is 8.29. The number of hydrogen-bond donors (Lipinski definition) is 1. The zero-order valence-electron chi connectivity index (χ0n) is 17.3. The number of nitrogens with zero attached hydrogens (tertiary/aromatic N) is 2. The van der Waals surface area contributed by atoms with Crippen LogP contribution in [0, 0.1) is 0 Å². The predicted molar refractivity (Wildman–Crippen MR) is 114 cm³/mol. The number of benzene rings is 1. The number of aliphatic carboxylic acids is 1. The Hall–Kier alpha value is -3.01. The standard InChI is InChI=1S/C21H24N2O7S/c1-13-5-3-4-8-22(13)18(24)11-23-20(27)17(31-21(23)28)10-14-6-7-15(16(9-14)29-2)30-12-19(25)26/h6-7,9-10,13H,3-5,8,11-12H2,1-2H3,(H,25,26)/b17-10-/t13-/m0/s1. The van der Waals surface area contributed by atoms with Gasteiger partial charge in [0.1, 0.15) is 6.54 Å². The maximum Gasteiger partial charge on any atom is 0.341 e. The predicted octanol–water partition coefficient (Wildman–Crippen LogP) is 2.60. The van der Waals surface area contributed by atoms with Crippen molar-refractivity contribution in [3.63, 3.8) is 0 Å². The lowest BCUT2D eigenvalue weighted by molar-refractivity contribution is -0.139. The summed E-state index contributed by atoms with van der Waals surface area (Å²) in [7, 11) is 1.41. The number of carboxylic acid groups (broad SMARTS) is 1. The highest BCUT2D eigenvalue weighted by Crippen LogP contribution is 2.34. The Morgan fingerprint density at radius 2 is 2.03 bits per heavy atom. The van der Waals surface area contributed by atoms with Crippen LogP contribution in [0.5, 0.6) is 11.5 Å². The molecule has 2 aliphatic rings. The molecule has 0 saturated carbocycles. The average molecular weight is 448 g/mol. The SMILES string of the molecule is COc1cc(/C=C2\SC(=O)N(CC(=O)N3CCCC[C@@H]3C)C2=O)ccc1OCC(=O)O. The van der Waals surface area contributed by atoms with Crippen molar-refractivity contribution < 1.29 is 33.8 Å². The van der Waals surface area contributed by atoms with Crippen molar-refractivity contribution in [2.45, 2.75) is 32.2 Å². The van der Waals surface area contributed by atoms with Crippen molar-refractivity contribution in [3.8, 4) is 11.5 Å². The Balaban J connectivity index is 1.72. The molecule has 2 saturated heterocycles. The van der Waals surface area contributed by atoms with Crippen LogP contribution in [0.1, 0.15) is 31.7 Å². The summed E-state index contributed by atoms with van der Waals surface area (Å²) in [5.74, 6) is -1.32. The molecule has 0 aromatic heterocycles. The van der Waals surface area contributed by atoms with Gasteiger partial charge in [-0.25, -0.2) is 4.79 Å². The number of likely N-dealkylation sites (tertiary alicyclic amines) is 1. The minimum Gasteiger partial charge on any atom is -0.493 e. The number of carbonyl (C=O) groups excluding carboxylic acids is 3. The fourth-order valence-electron chi connectivity index (χ4n) is 3.52. The molecule has 1 atom stereocenters. The third-order valence-electron chi connectivity index (χ3n) is 5.13. The highest BCUT2D eigenvalue weighted by atomic mass is 32.2. The average Bonchev–Trinajstić information content (AvgIpc) is 3.00. The first-order valence-corrected chi connectivity index (χ1v) is 10.7. The van der Waals surface area contributed by atoms with Gasteiger partial charge in [-0.2, -0.15) is 0 Å². The maximum absolute atomic E-state index is 12.7.